The molecule has 0 aromatic heterocycles. The summed E-state index contributed by atoms with van der Waals surface area (Å²) in [5.74, 6) is -3.84. The molecule has 0 radical (unpaired) electrons. The molecule has 0 aromatic carbocycles. The highest BCUT2D eigenvalue weighted by Crippen LogP contribution is 2.38. The number of hydrogen-bond acceptors (Lipinski definition) is 10. The zero-order valence-corrected chi connectivity index (χ0v) is 15.6. The fourth-order valence-electron chi connectivity index (χ4n) is 2.92. The van der Waals surface area contributed by atoms with E-state index in [0.29, 0.717) is 0 Å². The lowest BCUT2D eigenvalue weighted by atomic mass is 9.95. The molecule has 1 rings (SSSR count). The standard InChI is InChI=1S/C16H23NO10/c1-7(18)17-14-12(25-9(3)20)13(26-10(4)21)15(27-11(5)22)16(14,23)6-24-8(2)19/h12-15,23H,6H2,1-5H3,(H,17,18)/t12-,13-,14-,15+,16+/m1/s1. The van der Waals surface area contributed by atoms with Crippen LogP contribution in [0.4, 0.5) is 0 Å². The maximum Gasteiger partial charge on any atom is 0.303 e. The van der Waals surface area contributed by atoms with Gasteiger partial charge in [-0.15, -0.1) is 0 Å². The van der Waals surface area contributed by atoms with Crippen molar-refractivity contribution in [3.63, 3.8) is 0 Å². The van der Waals surface area contributed by atoms with E-state index in [1.54, 1.807) is 0 Å². The summed E-state index contributed by atoms with van der Waals surface area (Å²) in [6, 6.07) is -1.40. The number of hydrogen-bond donors (Lipinski definition) is 2. The van der Waals surface area contributed by atoms with Crippen molar-refractivity contribution in [2.24, 2.45) is 0 Å². The fourth-order valence-corrected chi connectivity index (χ4v) is 2.92. The molecule has 0 unspecified atom stereocenters. The van der Waals surface area contributed by atoms with E-state index in [9.17, 15) is 29.1 Å². The Bertz CT molecular complexity index is 589. The van der Waals surface area contributed by atoms with Crippen molar-refractivity contribution in [2.75, 3.05) is 6.61 Å². The van der Waals surface area contributed by atoms with Crippen molar-refractivity contribution < 1.29 is 48.0 Å². The van der Waals surface area contributed by atoms with Gasteiger partial charge in [0.2, 0.25) is 5.91 Å². The molecule has 152 valence electrons. The number of nitrogens with one attached hydrogen (secondary N) is 1. The first kappa shape index (κ1) is 22.4. The van der Waals surface area contributed by atoms with Crippen LogP contribution < -0.4 is 5.32 Å². The number of esters is 4. The Morgan fingerprint density at radius 1 is 0.815 bits per heavy atom. The first-order chi connectivity index (χ1) is 12.4. The van der Waals surface area contributed by atoms with Gasteiger partial charge >= 0.3 is 23.9 Å². The van der Waals surface area contributed by atoms with E-state index >= 15 is 0 Å². The Balaban J connectivity index is 3.48. The Morgan fingerprint density at radius 2 is 1.30 bits per heavy atom. The van der Waals surface area contributed by atoms with Crippen molar-refractivity contribution >= 4 is 29.8 Å². The third kappa shape index (κ3) is 5.64. The minimum atomic E-state index is -2.23. The van der Waals surface area contributed by atoms with Gasteiger partial charge in [-0.3, -0.25) is 24.0 Å². The molecule has 27 heavy (non-hydrogen) atoms. The number of amides is 1. The van der Waals surface area contributed by atoms with Crippen molar-refractivity contribution in [3.05, 3.63) is 0 Å². The van der Waals surface area contributed by atoms with Gasteiger partial charge in [0.1, 0.15) is 12.6 Å². The zero-order valence-electron chi connectivity index (χ0n) is 15.6. The first-order valence-corrected chi connectivity index (χ1v) is 8.03. The van der Waals surface area contributed by atoms with Gasteiger partial charge in [-0.25, -0.2) is 0 Å². The molecule has 1 aliphatic rings. The van der Waals surface area contributed by atoms with E-state index in [2.05, 4.69) is 5.32 Å². The third-order valence-electron chi connectivity index (χ3n) is 3.74. The van der Waals surface area contributed by atoms with E-state index in [1.165, 1.54) is 0 Å². The van der Waals surface area contributed by atoms with E-state index in [4.69, 9.17) is 18.9 Å². The first-order valence-electron chi connectivity index (χ1n) is 8.03. The predicted octanol–water partition coefficient (Wildman–Crippen LogP) is -1.41. The molecule has 1 amide bonds. The summed E-state index contributed by atoms with van der Waals surface area (Å²) in [6.45, 7) is 4.67. The van der Waals surface area contributed by atoms with Gasteiger partial charge < -0.3 is 29.4 Å². The van der Waals surface area contributed by atoms with Crippen molar-refractivity contribution in [1.82, 2.24) is 5.32 Å². The Hall–Kier alpha value is -2.69. The molecule has 2 N–H and O–H groups in total. The highest BCUT2D eigenvalue weighted by atomic mass is 16.6. The van der Waals surface area contributed by atoms with E-state index in [1.807, 2.05) is 0 Å². The second kappa shape index (κ2) is 8.80. The van der Waals surface area contributed by atoms with Gasteiger partial charge in [0.15, 0.2) is 23.9 Å². The summed E-state index contributed by atoms with van der Waals surface area (Å²) < 4.78 is 20.2. The molecule has 1 aliphatic carbocycles. The lowest BCUT2D eigenvalue weighted by Crippen LogP contribution is -2.60. The molecule has 0 spiro atoms. The summed E-state index contributed by atoms with van der Waals surface area (Å²) in [7, 11) is 0. The zero-order chi connectivity index (χ0) is 20.9. The van der Waals surface area contributed by atoms with Crippen LogP contribution in [0.5, 0.6) is 0 Å². The second-order valence-electron chi connectivity index (χ2n) is 6.13. The molecule has 0 heterocycles. The number of carbonyl (C=O) groups excluding carboxylic acids is 5. The van der Waals surface area contributed by atoms with Crippen LogP contribution in [0.1, 0.15) is 34.6 Å². The van der Waals surface area contributed by atoms with Gasteiger partial charge in [-0.2, -0.15) is 0 Å². The van der Waals surface area contributed by atoms with Gasteiger partial charge in [-0.1, -0.05) is 0 Å². The summed E-state index contributed by atoms with van der Waals surface area (Å²) in [6.07, 6.45) is -4.44. The minimum absolute atomic E-state index is 0.622. The van der Waals surface area contributed by atoms with Gasteiger partial charge in [0.25, 0.3) is 0 Å². The topological polar surface area (TPSA) is 155 Å². The minimum Gasteiger partial charge on any atom is -0.463 e. The van der Waals surface area contributed by atoms with Crippen molar-refractivity contribution in [2.45, 2.75) is 64.6 Å². The highest BCUT2D eigenvalue weighted by molar-refractivity contribution is 5.74. The quantitative estimate of drug-likeness (QED) is 0.409. The highest BCUT2D eigenvalue weighted by Gasteiger charge is 2.66. The average molecular weight is 389 g/mol. The lowest BCUT2D eigenvalue weighted by Gasteiger charge is -2.34. The molecule has 1 fully saturated rings. The molecule has 11 heteroatoms. The smallest absolute Gasteiger partial charge is 0.303 e. The van der Waals surface area contributed by atoms with Crippen LogP contribution in [0.3, 0.4) is 0 Å². The van der Waals surface area contributed by atoms with Crippen LogP contribution in [0, 0.1) is 0 Å². The van der Waals surface area contributed by atoms with Gasteiger partial charge in [0.05, 0.1) is 0 Å². The largest absolute Gasteiger partial charge is 0.463 e. The van der Waals surface area contributed by atoms with Crippen LogP contribution >= 0.6 is 0 Å². The number of carbonyl (C=O) groups is 5. The predicted molar refractivity (Wildman–Crippen MR) is 85.8 cm³/mol. The fraction of sp³-hybridized carbons (Fsp3) is 0.688. The van der Waals surface area contributed by atoms with Crippen molar-refractivity contribution in [1.29, 1.82) is 0 Å². The summed E-state index contributed by atoms with van der Waals surface area (Å²) in [4.78, 5) is 57.4. The molecule has 0 aromatic rings. The Labute approximate surface area is 155 Å². The number of rotatable bonds is 6. The lowest BCUT2D eigenvalue weighted by molar-refractivity contribution is -0.189. The van der Waals surface area contributed by atoms with Crippen LogP contribution in [-0.2, 0) is 42.9 Å². The Kier molecular flexibility index (Phi) is 7.28. The molecule has 0 aliphatic heterocycles. The normalized spacial score (nSPS) is 29.4. The van der Waals surface area contributed by atoms with Gasteiger partial charge in [0, 0.05) is 34.6 Å². The molecule has 5 atom stereocenters. The molecule has 0 bridgehead atoms. The second-order valence-corrected chi connectivity index (χ2v) is 6.13. The maximum absolute atomic E-state index is 11.6. The van der Waals surface area contributed by atoms with E-state index in [0.717, 1.165) is 34.6 Å². The summed E-state index contributed by atoms with van der Waals surface area (Å²) in [5, 5.41) is 13.6. The molecular weight excluding hydrogens is 366 g/mol. The average Bonchev–Trinajstić information content (AvgIpc) is 2.67. The maximum atomic E-state index is 11.6. The van der Waals surface area contributed by atoms with E-state index in [-0.39, 0.29) is 0 Å². The Morgan fingerprint density at radius 3 is 1.70 bits per heavy atom. The number of ether oxygens (including phenoxy) is 4. The summed E-state index contributed by atoms with van der Waals surface area (Å²) >= 11 is 0. The van der Waals surface area contributed by atoms with Crippen LogP contribution in [0.2, 0.25) is 0 Å². The van der Waals surface area contributed by atoms with Crippen LogP contribution in [0.25, 0.3) is 0 Å². The van der Waals surface area contributed by atoms with Crippen LogP contribution in [0.15, 0.2) is 0 Å². The monoisotopic (exact) mass is 389 g/mol. The van der Waals surface area contributed by atoms with Crippen molar-refractivity contribution in [3.8, 4) is 0 Å². The molecule has 11 nitrogen and oxygen atoms in total. The SMILES string of the molecule is CC(=O)N[C@@H]1[C@H](OC(C)=O)[C@@H](OC(C)=O)[C@H](OC(C)=O)[C@]1(O)COC(C)=O. The summed E-state index contributed by atoms with van der Waals surface area (Å²) in [5.41, 5.74) is -2.23. The molecule has 1 saturated carbocycles. The van der Waals surface area contributed by atoms with Gasteiger partial charge in [-0.05, 0) is 0 Å². The third-order valence-corrected chi connectivity index (χ3v) is 3.74. The van der Waals surface area contributed by atoms with Crippen LogP contribution in [-0.4, -0.2) is 71.5 Å². The molecular formula is C16H23NO10. The van der Waals surface area contributed by atoms with E-state index < -0.39 is 66.3 Å². The number of aliphatic hydroxyl groups is 1. The molecule has 0 saturated heterocycles.